The second-order valence-electron chi connectivity index (χ2n) is 6.47. The Hall–Kier alpha value is -2.07. The summed E-state index contributed by atoms with van der Waals surface area (Å²) in [6.45, 7) is 5.11. The van der Waals surface area contributed by atoms with Crippen LogP contribution in [-0.2, 0) is 17.7 Å². The Kier molecular flexibility index (Phi) is 9.99. The van der Waals surface area contributed by atoms with E-state index in [0.29, 0.717) is 32.2 Å². The van der Waals surface area contributed by atoms with Gasteiger partial charge in [0.15, 0.2) is 5.96 Å². The van der Waals surface area contributed by atoms with E-state index in [1.807, 2.05) is 37.3 Å². The van der Waals surface area contributed by atoms with Gasteiger partial charge in [-0.25, -0.2) is 9.98 Å². The van der Waals surface area contributed by atoms with Crippen LogP contribution in [0.4, 0.5) is 0 Å². The number of para-hydroxylation sites is 1. The lowest BCUT2D eigenvalue weighted by Gasteiger charge is -2.15. The molecule has 29 heavy (non-hydrogen) atoms. The number of fused-ring (bicyclic) bond motifs is 1. The molecule has 0 aliphatic carbocycles. The van der Waals surface area contributed by atoms with Crippen molar-refractivity contribution < 1.29 is 14.2 Å². The molecule has 1 unspecified atom stereocenters. The number of halogens is 1. The molecule has 2 heterocycles. The van der Waals surface area contributed by atoms with Gasteiger partial charge in [0.05, 0.1) is 19.7 Å². The van der Waals surface area contributed by atoms with Crippen LogP contribution in [-0.4, -0.2) is 50.5 Å². The van der Waals surface area contributed by atoms with Gasteiger partial charge in [-0.2, -0.15) is 0 Å². The SMILES string of the molecule is CCNC(=NCc1ccc(OCCOC)nc1)NCC1Cc2ccccc2O1.I. The van der Waals surface area contributed by atoms with Gasteiger partial charge in [-0.1, -0.05) is 24.3 Å². The fourth-order valence-electron chi connectivity index (χ4n) is 2.91. The first kappa shape index (κ1) is 23.2. The third-order valence-corrected chi connectivity index (χ3v) is 4.31. The highest BCUT2D eigenvalue weighted by Crippen LogP contribution is 2.27. The number of pyridine rings is 1. The molecule has 2 N–H and O–H groups in total. The standard InChI is InChI=1S/C21H28N4O3.HI/c1-3-22-21(25-15-18-12-17-6-4-5-7-19(17)28-18)24-14-16-8-9-20(23-13-16)27-11-10-26-2;/h4-9,13,18H,3,10-12,14-15H2,1-2H3,(H2,22,24,25);1H. The maximum absolute atomic E-state index is 5.97. The molecule has 1 aliphatic rings. The molecule has 0 saturated carbocycles. The summed E-state index contributed by atoms with van der Waals surface area (Å²) in [6.07, 6.45) is 2.81. The molecule has 158 valence electrons. The zero-order chi connectivity index (χ0) is 19.6. The zero-order valence-corrected chi connectivity index (χ0v) is 19.2. The number of guanidine groups is 1. The third kappa shape index (κ3) is 7.36. The predicted molar refractivity (Wildman–Crippen MR) is 124 cm³/mol. The van der Waals surface area contributed by atoms with Crippen molar-refractivity contribution in [1.29, 1.82) is 0 Å². The van der Waals surface area contributed by atoms with Crippen molar-refractivity contribution in [2.45, 2.75) is 26.0 Å². The van der Waals surface area contributed by atoms with Crippen molar-refractivity contribution >= 4 is 29.9 Å². The minimum absolute atomic E-state index is 0. The van der Waals surface area contributed by atoms with Crippen molar-refractivity contribution in [2.75, 3.05) is 33.4 Å². The number of ether oxygens (including phenoxy) is 3. The van der Waals surface area contributed by atoms with Gasteiger partial charge in [0, 0.05) is 32.3 Å². The van der Waals surface area contributed by atoms with E-state index in [2.05, 4.69) is 26.7 Å². The van der Waals surface area contributed by atoms with Gasteiger partial charge in [-0.15, -0.1) is 24.0 Å². The molecule has 1 atom stereocenters. The molecule has 7 nitrogen and oxygen atoms in total. The Morgan fingerprint density at radius 1 is 1.21 bits per heavy atom. The first-order valence-electron chi connectivity index (χ1n) is 9.62. The van der Waals surface area contributed by atoms with Crippen molar-refractivity contribution in [3.63, 3.8) is 0 Å². The second kappa shape index (κ2) is 12.5. The van der Waals surface area contributed by atoms with Crippen LogP contribution in [0.15, 0.2) is 47.6 Å². The maximum Gasteiger partial charge on any atom is 0.213 e. The van der Waals surface area contributed by atoms with Crippen molar-refractivity contribution in [1.82, 2.24) is 15.6 Å². The zero-order valence-electron chi connectivity index (χ0n) is 16.9. The van der Waals surface area contributed by atoms with Crippen LogP contribution in [0.5, 0.6) is 11.6 Å². The lowest BCUT2D eigenvalue weighted by molar-refractivity contribution is 0.143. The normalized spacial score (nSPS) is 15.1. The molecule has 0 bridgehead atoms. The number of benzene rings is 1. The van der Waals surface area contributed by atoms with Crippen LogP contribution in [0.3, 0.4) is 0 Å². The molecule has 3 rings (SSSR count). The van der Waals surface area contributed by atoms with Crippen LogP contribution in [0.2, 0.25) is 0 Å². The van der Waals surface area contributed by atoms with Gasteiger partial charge >= 0.3 is 0 Å². The summed E-state index contributed by atoms with van der Waals surface area (Å²) in [5.74, 6) is 2.34. The number of nitrogens with zero attached hydrogens (tertiary/aromatic N) is 2. The second-order valence-corrected chi connectivity index (χ2v) is 6.47. The number of hydrogen-bond acceptors (Lipinski definition) is 5. The fourth-order valence-corrected chi connectivity index (χ4v) is 2.91. The minimum Gasteiger partial charge on any atom is -0.488 e. The van der Waals surface area contributed by atoms with E-state index < -0.39 is 0 Å². The first-order chi connectivity index (χ1) is 13.8. The Bertz CT molecular complexity index is 746. The fraction of sp³-hybridized carbons (Fsp3) is 0.429. The molecule has 1 aliphatic heterocycles. The molecule has 0 amide bonds. The van der Waals surface area contributed by atoms with Gasteiger partial charge < -0.3 is 24.8 Å². The van der Waals surface area contributed by atoms with Crippen LogP contribution in [0.25, 0.3) is 0 Å². The van der Waals surface area contributed by atoms with Crippen LogP contribution in [0.1, 0.15) is 18.1 Å². The lowest BCUT2D eigenvalue weighted by Crippen LogP contribution is -2.42. The van der Waals surface area contributed by atoms with Crippen molar-refractivity contribution in [3.8, 4) is 11.6 Å². The lowest BCUT2D eigenvalue weighted by atomic mass is 10.1. The van der Waals surface area contributed by atoms with E-state index in [9.17, 15) is 0 Å². The molecule has 1 aromatic heterocycles. The monoisotopic (exact) mass is 512 g/mol. The van der Waals surface area contributed by atoms with E-state index in [1.54, 1.807) is 13.3 Å². The smallest absolute Gasteiger partial charge is 0.213 e. The molecule has 2 aromatic rings. The molecule has 1 aromatic carbocycles. The summed E-state index contributed by atoms with van der Waals surface area (Å²) in [5.41, 5.74) is 2.27. The number of aliphatic imine (C=N–C) groups is 1. The van der Waals surface area contributed by atoms with Gasteiger partial charge in [-0.3, -0.25) is 0 Å². The molecule has 8 heteroatoms. The first-order valence-corrected chi connectivity index (χ1v) is 9.62. The van der Waals surface area contributed by atoms with E-state index in [1.165, 1.54) is 5.56 Å². The van der Waals surface area contributed by atoms with Gasteiger partial charge in [0.25, 0.3) is 0 Å². The van der Waals surface area contributed by atoms with Crippen LogP contribution < -0.4 is 20.1 Å². The highest BCUT2D eigenvalue weighted by molar-refractivity contribution is 14.0. The van der Waals surface area contributed by atoms with Crippen LogP contribution in [0, 0.1) is 0 Å². The number of nitrogens with one attached hydrogen (secondary N) is 2. The summed E-state index contributed by atoms with van der Waals surface area (Å²) in [5, 5.41) is 6.64. The molecule has 0 radical (unpaired) electrons. The summed E-state index contributed by atoms with van der Waals surface area (Å²) in [6, 6.07) is 12.0. The summed E-state index contributed by atoms with van der Waals surface area (Å²) in [7, 11) is 1.64. The Labute approximate surface area is 189 Å². The van der Waals surface area contributed by atoms with Crippen molar-refractivity contribution in [3.05, 3.63) is 53.7 Å². The average molecular weight is 512 g/mol. The average Bonchev–Trinajstić information content (AvgIpc) is 3.14. The molecular weight excluding hydrogens is 483 g/mol. The maximum atomic E-state index is 5.97. The van der Waals surface area contributed by atoms with E-state index in [0.717, 1.165) is 30.2 Å². The highest BCUT2D eigenvalue weighted by Gasteiger charge is 2.22. The highest BCUT2D eigenvalue weighted by atomic mass is 127. The number of hydrogen-bond donors (Lipinski definition) is 2. The van der Waals surface area contributed by atoms with Gasteiger partial charge in [0.2, 0.25) is 5.88 Å². The minimum atomic E-state index is 0. The Morgan fingerprint density at radius 3 is 2.79 bits per heavy atom. The van der Waals surface area contributed by atoms with Crippen LogP contribution >= 0.6 is 24.0 Å². The van der Waals surface area contributed by atoms with E-state index in [4.69, 9.17) is 14.2 Å². The summed E-state index contributed by atoms with van der Waals surface area (Å²) in [4.78, 5) is 8.94. The van der Waals surface area contributed by atoms with Gasteiger partial charge in [0.1, 0.15) is 18.5 Å². The predicted octanol–water partition coefficient (Wildman–Crippen LogP) is 2.78. The summed E-state index contributed by atoms with van der Waals surface area (Å²) >= 11 is 0. The number of methoxy groups -OCH3 is 1. The third-order valence-electron chi connectivity index (χ3n) is 4.31. The Balaban J connectivity index is 0.00000300. The number of aromatic nitrogens is 1. The quantitative estimate of drug-likeness (QED) is 0.233. The molecular formula is C21H29IN4O3. The van der Waals surface area contributed by atoms with E-state index in [-0.39, 0.29) is 30.1 Å². The largest absolute Gasteiger partial charge is 0.488 e. The number of rotatable bonds is 9. The topological polar surface area (TPSA) is 77.0 Å². The molecule has 0 spiro atoms. The molecule has 0 saturated heterocycles. The summed E-state index contributed by atoms with van der Waals surface area (Å²) < 4.78 is 16.4. The molecule has 0 fully saturated rings. The van der Waals surface area contributed by atoms with Gasteiger partial charge in [-0.05, 0) is 24.1 Å². The Morgan fingerprint density at radius 2 is 2.07 bits per heavy atom. The van der Waals surface area contributed by atoms with Crippen molar-refractivity contribution in [2.24, 2.45) is 4.99 Å². The van der Waals surface area contributed by atoms with E-state index >= 15 is 0 Å².